The molecule has 0 spiro atoms. The maximum absolute atomic E-state index is 14.7. The maximum Gasteiger partial charge on any atom is 0.230 e. The van der Waals surface area contributed by atoms with Crippen LogP contribution in [-0.2, 0) is 10.2 Å². The van der Waals surface area contributed by atoms with Crippen molar-refractivity contribution in [3.05, 3.63) is 34.9 Å². The molecule has 1 saturated heterocycles. The summed E-state index contributed by atoms with van der Waals surface area (Å²) in [7, 11) is 0. The Balaban J connectivity index is 1.51. The zero-order valence-electron chi connectivity index (χ0n) is 17.4. The lowest BCUT2D eigenvalue weighted by Crippen LogP contribution is -2.52. The summed E-state index contributed by atoms with van der Waals surface area (Å²) < 4.78 is 14.7. The third-order valence-corrected chi connectivity index (χ3v) is 6.75. The molecule has 1 N–H and O–H groups in total. The van der Waals surface area contributed by atoms with Crippen molar-refractivity contribution in [3.8, 4) is 0 Å². The Morgan fingerprint density at radius 1 is 1.29 bits per heavy atom. The number of amides is 1. The summed E-state index contributed by atoms with van der Waals surface area (Å²) >= 11 is 5.99. The van der Waals surface area contributed by atoms with Gasteiger partial charge in [0.25, 0.3) is 0 Å². The van der Waals surface area contributed by atoms with E-state index in [1.54, 1.807) is 0 Å². The predicted octanol–water partition coefficient (Wildman–Crippen LogP) is 4.97. The van der Waals surface area contributed by atoms with E-state index < -0.39 is 11.6 Å². The van der Waals surface area contributed by atoms with Crippen molar-refractivity contribution in [2.75, 3.05) is 26.2 Å². The molecule has 2 atom stereocenters. The summed E-state index contributed by atoms with van der Waals surface area (Å²) in [5.74, 6) is -0.0411. The Morgan fingerprint density at radius 2 is 1.96 bits per heavy atom. The van der Waals surface area contributed by atoms with Crippen LogP contribution >= 0.6 is 11.6 Å². The van der Waals surface area contributed by atoms with E-state index in [1.807, 2.05) is 24.3 Å². The van der Waals surface area contributed by atoms with Gasteiger partial charge in [-0.1, -0.05) is 50.9 Å². The number of halogens is 2. The number of hydrogen-bond acceptors (Lipinski definition) is 2. The zero-order valence-corrected chi connectivity index (χ0v) is 18.2. The summed E-state index contributed by atoms with van der Waals surface area (Å²) in [6.45, 7) is 9.45. The van der Waals surface area contributed by atoms with E-state index in [0.717, 1.165) is 50.8 Å². The second-order valence-corrected chi connectivity index (χ2v) is 10.3. The van der Waals surface area contributed by atoms with Crippen LogP contribution in [0.25, 0.3) is 0 Å². The number of piperidine rings is 1. The number of carbonyl (C=O) groups excluding carboxylic acids is 1. The van der Waals surface area contributed by atoms with Crippen molar-refractivity contribution >= 4 is 17.5 Å². The Kier molecular flexibility index (Phi) is 6.71. The van der Waals surface area contributed by atoms with Gasteiger partial charge in [-0.3, -0.25) is 4.79 Å². The zero-order chi connectivity index (χ0) is 20.4. The molecule has 0 bridgehead atoms. The molecular weight excluding hydrogens is 375 g/mol. The number of likely N-dealkylation sites (tertiary alicyclic amines) is 1. The van der Waals surface area contributed by atoms with Crippen LogP contribution in [0.1, 0.15) is 58.4 Å². The van der Waals surface area contributed by atoms with E-state index in [4.69, 9.17) is 11.6 Å². The first-order valence-electron chi connectivity index (χ1n) is 10.6. The molecule has 0 unspecified atom stereocenters. The van der Waals surface area contributed by atoms with E-state index in [9.17, 15) is 9.18 Å². The molecular formula is C23H34ClFN2O. The highest BCUT2D eigenvalue weighted by Crippen LogP contribution is 2.44. The number of nitrogens with one attached hydrogen (secondary N) is 1. The molecule has 1 aromatic rings. The Morgan fingerprint density at radius 3 is 2.50 bits per heavy atom. The summed E-state index contributed by atoms with van der Waals surface area (Å²) in [4.78, 5) is 15.2. The van der Waals surface area contributed by atoms with Gasteiger partial charge in [-0.25, -0.2) is 4.39 Å². The summed E-state index contributed by atoms with van der Waals surface area (Å²) in [5.41, 5.74) is 0.841. The topological polar surface area (TPSA) is 32.3 Å². The first-order valence-corrected chi connectivity index (χ1v) is 11.0. The van der Waals surface area contributed by atoms with Crippen molar-refractivity contribution in [1.82, 2.24) is 10.2 Å². The highest BCUT2D eigenvalue weighted by molar-refractivity contribution is 6.30. The van der Waals surface area contributed by atoms with Crippen molar-refractivity contribution in [2.45, 2.75) is 64.5 Å². The number of hydrogen-bond donors (Lipinski definition) is 1. The molecule has 3 rings (SSSR count). The van der Waals surface area contributed by atoms with Crippen LogP contribution < -0.4 is 5.32 Å². The van der Waals surface area contributed by atoms with E-state index in [1.165, 1.54) is 0 Å². The number of nitrogens with zero attached hydrogens (tertiary/aromatic N) is 1. The predicted molar refractivity (Wildman–Crippen MR) is 114 cm³/mol. The summed E-state index contributed by atoms with van der Waals surface area (Å²) in [5, 5.41) is 3.76. The number of carbonyl (C=O) groups is 1. The van der Waals surface area contributed by atoms with Crippen LogP contribution in [0.3, 0.4) is 0 Å². The van der Waals surface area contributed by atoms with Crippen LogP contribution in [0.4, 0.5) is 4.39 Å². The van der Waals surface area contributed by atoms with Gasteiger partial charge in [-0.05, 0) is 61.9 Å². The fourth-order valence-corrected chi connectivity index (χ4v) is 4.41. The van der Waals surface area contributed by atoms with Gasteiger partial charge in [0, 0.05) is 24.0 Å². The standard InChI is InChI=1S/C23H34ClFN2O/c1-22(2,3)12-14-27-13-9-17(20(25)16-27)15-26-21(28)23(10-4-11-23)18-5-7-19(24)8-6-18/h5-8,17,20H,4,9-16H2,1-3H3,(H,26,28)/t17-,20-/m0/s1. The highest BCUT2D eigenvalue weighted by Gasteiger charge is 2.45. The van der Waals surface area contributed by atoms with Gasteiger partial charge in [-0.15, -0.1) is 0 Å². The third-order valence-electron chi connectivity index (χ3n) is 6.50. The minimum absolute atomic E-state index is 0.0448. The van der Waals surface area contributed by atoms with Gasteiger partial charge in [0.1, 0.15) is 6.17 Å². The van der Waals surface area contributed by atoms with E-state index in [2.05, 4.69) is 31.0 Å². The molecule has 2 fully saturated rings. The third kappa shape index (κ3) is 5.07. The molecule has 3 nitrogen and oxygen atoms in total. The molecule has 1 saturated carbocycles. The SMILES string of the molecule is CC(C)(C)CCN1CC[C@@H](CNC(=O)C2(c3ccc(Cl)cc3)CCC2)[C@@H](F)C1. The van der Waals surface area contributed by atoms with Crippen molar-refractivity contribution < 1.29 is 9.18 Å². The minimum Gasteiger partial charge on any atom is -0.355 e. The number of benzene rings is 1. The molecule has 1 heterocycles. The summed E-state index contributed by atoms with van der Waals surface area (Å²) in [6, 6.07) is 7.59. The maximum atomic E-state index is 14.7. The second kappa shape index (κ2) is 8.71. The van der Waals surface area contributed by atoms with Crippen LogP contribution in [0.5, 0.6) is 0 Å². The van der Waals surface area contributed by atoms with Gasteiger partial charge in [-0.2, -0.15) is 0 Å². The molecule has 2 aliphatic rings. The molecule has 5 heteroatoms. The average Bonchev–Trinajstić information content (AvgIpc) is 2.59. The first-order chi connectivity index (χ1) is 13.2. The fraction of sp³-hybridized carbons (Fsp3) is 0.696. The molecule has 1 amide bonds. The molecule has 1 aromatic carbocycles. The van der Waals surface area contributed by atoms with Crippen LogP contribution in [0.15, 0.2) is 24.3 Å². The minimum atomic E-state index is -0.873. The lowest BCUT2D eigenvalue weighted by Gasteiger charge is -2.41. The lowest BCUT2D eigenvalue weighted by atomic mass is 9.63. The average molecular weight is 409 g/mol. The van der Waals surface area contributed by atoms with E-state index >= 15 is 0 Å². The first kappa shape index (κ1) is 21.6. The van der Waals surface area contributed by atoms with Crippen LogP contribution in [-0.4, -0.2) is 43.2 Å². The Bertz CT molecular complexity index is 666. The quantitative estimate of drug-likeness (QED) is 0.720. The number of rotatable bonds is 6. The normalized spacial score (nSPS) is 25.2. The van der Waals surface area contributed by atoms with Gasteiger partial charge < -0.3 is 10.2 Å². The van der Waals surface area contributed by atoms with Gasteiger partial charge in [0.15, 0.2) is 0 Å². The smallest absolute Gasteiger partial charge is 0.230 e. The van der Waals surface area contributed by atoms with Crippen molar-refractivity contribution in [3.63, 3.8) is 0 Å². The van der Waals surface area contributed by atoms with Crippen molar-refractivity contribution in [2.24, 2.45) is 11.3 Å². The second-order valence-electron chi connectivity index (χ2n) is 9.83. The monoisotopic (exact) mass is 408 g/mol. The Labute approximate surface area is 174 Å². The summed E-state index contributed by atoms with van der Waals surface area (Å²) in [6.07, 6.45) is 3.76. The van der Waals surface area contributed by atoms with Gasteiger partial charge in [0.2, 0.25) is 5.91 Å². The molecule has 0 radical (unpaired) electrons. The number of alkyl halides is 1. The highest BCUT2D eigenvalue weighted by atomic mass is 35.5. The van der Waals surface area contributed by atoms with Gasteiger partial charge in [0.05, 0.1) is 5.41 Å². The van der Waals surface area contributed by atoms with Gasteiger partial charge >= 0.3 is 0 Å². The lowest BCUT2D eigenvalue weighted by molar-refractivity contribution is -0.130. The van der Waals surface area contributed by atoms with Crippen molar-refractivity contribution in [1.29, 1.82) is 0 Å². The molecule has 156 valence electrons. The molecule has 28 heavy (non-hydrogen) atoms. The van der Waals surface area contributed by atoms with E-state index in [-0.39, 0.29) is 17.2 Å². The largest absolute Gasteiger partial charge is 0.355 e. The van der Waals surface area contributed by atoms with Crippen LogP contribution in [0, 0.1) is 11.3 Å². The van der Waals surface area contributed by atoms with E-state index in [0.29, 0.717) is 18.1 Å². The van der Waals surface area contributed by atoms with Crippen LogP contribution in [0.2, 0.25) is 5.02 Å². The molecule has 1 aliphatic carbocycles. The Hall–Kier alpha value is -1.13. The molecule has 1 aliphatic heterocycles. The molecule has 0 aromatic heterocycles. The fourth-order valence-electron chi connectivity index (χ4n) is 4.28.